The largest absolute Gasteiger partial charge is 0.330 e. The van der Waals surface area contributed by atoms with Crippen LogP contribution in [0.5, 0.6) is 0 Å². The highest BCUT2D eigenvalue weighted by molar-refractivity contribution is 7.91. The number of benzene rings is 1. The van der Waals surface area contributed by atoms with E-state index in [0.29, 0.717) is 13.0 Å². The quantitative estimate of drug-likeness (QED) is 0.883. The fraction of sp³-hybridized carbons (Fsp3) is 0.538. The van der Waals surface area contributed by atoms with Crippen molar-refractivity contribution in [3.05, 3.63) is 35.4 Å². The lowest BCUT2D eigenvalue weighted by Gasteiger charge is -2.26. The third kappa shape index (κ3) is 2.69. The smallest absolute Gasteiger partial charge is 0.150 e. The molecule has 0 amide bonds. The molecule has 1 saturated heterocycles. The molecule has 1 unspecified atom stereocenters. The Hall–Kier alpha value is -0.870. The van der Waals surface area contributed by atoms with Crippen molar-refractivity contribution in [2.24, 2.45) is 11.1 Å². The van der Waals surface area contributed by atoms with Gasteiger partial charge in [0.2, 0.25) is 0 Å². The zero-order valence-electron chi connectivity index (χ0n) is 10.1. The standard InChI is InChI=1S/C13H19NO2S/c1-11-4-2-3-5-12(11)8-13(9-14)6-7-17(15,16)10-13/h2-5H,6-10,14H2,1H3. The van der Waals surface area contributed by atoms with E-state index in [2.05, 4.69) is 19.1 Å². The topological polar surface area (TPSA) is 60.2 Å². The molecular weight excluding hydrogens is 234 g/mol. The average Bonchev–Trinajstić information content (AvgIpc) is 2.59. The van der Waals surface area contributed by atoms with Gasteiger partial charge in [-0.25, -0.2) is 8.42 Å². The molecule has 4 heteroatoms. The molecule has 1 atom stereocenters. The second-order valence-electron chi connectivity index (χ2n) is 5.15. The first-order valence-electron chi connectivity index (χ1n) is 5.91. The van der Waals surface area contributed by atoms with Crippen LogP contribution in [0.2, 0.25) is 0 Å². The van der Waals surface area contributed by atoms with E-state index < -0.39 is 9.84 Å². The number of rotatable bonds is 3. The van der Waals surface area contributed by atoms with E-state index >= 15 is 0 Å². The van der Waals surface area contributed by atoms with E-state index in [-0.39, 0.29) is 16.9 Å². The number of sulfone groups is 1. The Labute approximate surface area is 103 Å². The lowest BCUT2D eigenvalue weighted by molar-refractivity contribution is 0.344. The summed E-state index contributed by atoms with van der Waals surface area (Å²) in [6, 6.07) is 8.12. The van der Waals surface area contributed by atoms with E-state index in [1.54, 1.807) is 0 Å². The summed E-state index contributed by atoms with van der Waals surface area (Å²) in [5.41, 5.74) is 8.01. The van der Waals surface area contributed by atoms with Crippen LogP contribution in [0.1, 0.15) is 17.5 Å². The van der Waals surface area contributed by atoms with Crippen LogP contribution in [0.4, 0.5) is 0 Å². The van der Waals surface area contributed by atoms with Gasteiger partial charge < -0.3 is 5.73 Å². The van der Waals surface area contributed by atoms with E-state index in [9.17, 15) is 8.42 Å². The highest BCUT2D eigenvalue weighted by Gasteiger charge is 2.41. The summed E-state index contributed by atoms with van der Waals surface area (Å²) >= 11 is 0. The summed E-state index contributed by atoms with van der Waals surface area (Å²) in [4.78, 5) is 0. The molecule has 1 fully saturated rings. The third-order valence-corrected chi connectivity index (χ3v) is 5.61. The van der Waals surface area contributed by atoms with Crippen LogP contribution in [0.3, 0.4) is 0 Å². The second-order valence-corrected chi connectivity index (χ2v) is 7.33. The SMILES string of the molecule is Cc1ccccc1CC1(CN)CCS(=O)(=O)C1. The summed E-state index contributed by atoms with van der Waals surface area (Å²) in [6.45, 7) is 2.50. The fourth-order valence-corrected chi connectivity index (χ4v) is 4.75. The molecule has 1 aromatic rings. The van der Waals surface area contributed by atoms with Gasteiger partial charge in [-0.15, -0.1) is 0 Å². The van der Waals surface area contributed by atoms with Crippen LogP contribution in [0.25, 0.3) is 0 Å². The number of hydrogen-bond acceptors (Lipinski definition) is 3. The zero-order chi connectivity index (χ0) is 12.5. The normalized spacial score (nSPS) is 27.2. The van der Waals surface area contributed by atoms with Crippen molar-refractivity contribution >= 4 is 9.84 Å². The molecule has 3 nitrogen and oxygen atoms in total. The highest BCUT2D eigenvalue weighted by Crippen LogP contribution is 2.35. The van der Waals surface area contributed by atoms with Gasteiger partial charge in [-0.2, -0.15) is 0 Å². The zero-order valence-corrected chi connectivity index (χ0v) is 11.0. The number of aryl methyl sites for hydroxylation is 1. The highest BCUT2D eigenvalue weighted by atomic mass is 32.2. The van der Waals surface area contributed by atoms with Crippen molar-refractivity contribution in [3.8, 4) is 0 Å². The lowest BCUT2D eigenvalue weighted by Crippen LogP contribution is -2.34. The molecule has 0 spiro atoms. The van der Waals surface area contributed by atoms with Gasteiger partial charge in [0, 0.05) is 5.41 Å². The molecular formula is C13H19NO2S. The van der Waals surface area contributed by atoms with E-state index in [1.165, 1.54) is 11.1 Å². The Kier molecular flexibility index (Phi) is 3.27. The predicted molar refractivity (Wildman–Crippen MR) is 69.6 cm³/mol. The fourth-order valence-electron chi connectivity index (χ4n) is 2.57. The van der Waals surface area contributed by atoms with Crippen LogP contribution in [0.15, 0.2) is 24.3 Å². The van der Waals surface area contributed by atoms with Crippen LogP contribution >= 0.6 is 0 Å². The third-order valence-electron chi connectivity index (χ3n) is 3.73. The van der Waals surface area contributed by atoms with Gasteiger partial charge in [-0.05, 0) is 37.4 Å². The van der Waals surface area contributed by atoms with Crippen molar-refractivity contribution in [1.29, 1.82) is 0 Å². The molecule has 1 heterocycles. The van der Waals surface area contributed by atoms with Gasteiger partial charge in [-0.3, -0.25) is 0 Å². The lowest BCUT2D eigenvalue weighted by atomic mass is 9.80. The minimum Gasteiger partial charge on any atom is -0.330 e. The second kappa shape index (κ2) is 4.42. The van der Waals surface area contributed by atoms with Gasteiger partial charge in [0.1, 0.15) is 0 Å². The molecule has 1 aliphatic heterocycles. The Morgan fingerprint density at radius 3 is 2.59 bits per heavy atom. The first kappa shape index (κ1) is 12.6. The summed E-state index contributed by atoms with van der Waals surface area (Å²) in [6.07, 6.45) is 1.47. The molecule has 0 aliphatic carbocycles. The van der Waals surface area contributed by atoms with Gasteiger partial charge >= 0.3 is 0 Å². The Bertz CT molecular complexity index is 510. The predicted octanol–water partition coefficient (Wildman–Crippen LogP) is 1.30. The minimum atomic E-state index is -2.88. The molecule has 1 aromatic carbocycles. The van der Waals surface area contributed by atoms with Crippen LogP contribution in [-0.4, -0.2) is 26.5 Å². The summed E-state index contributed by atoms with van der Waals surface area (Å²) in [7, 11) is -2.88. The van der Waals surface area contributed by atoms with Crippen LogP contribution in [0, 0.1) is 12.3 Å². The van der Waals surface area contributed by atoms with Gasteiger partial charge in [0.05, 0.1) is 11.5 Å². The molecule has 94 valence electrons. The maximum Gasteiger partial charge on any atom is 0.150 e. The van der Waals surface area contributed by atoms with Crippen molar-refractivity contribution in [1.82, 2.24) is 0 Å². The molecule has 17 heavy (non-hydrogen) atoms. The van der Waals surface area contributed by atoms with Crippen molar-refractivity contribution < 1.29 is 8.42 Å². The van der Waals surface area contributed by atoms with Gasteiger partial charge in [-0.1, -0.05) is 24.3 Å². The van der Waals surface area contributed by atoms with E-state index in [4.69, 9.17) is 5.73 Å². The molecule has 0 radical (unpaired) electrons. The molecule has 0 bridgehead atoms. The maximum absolute atomic E-state index is 11.6. The van der Waals surface area contributed by atoms with Crippen LogP contribution < -0.4 is 5.73 Å². The summed E-state index contributed by atoms with van der Waals surface area (Å²) in [5.74, 6) is 0.529. The summed E-state index contributed by atoms with van der Waals surface area (Å²) < 4.78 is 23.2. The monoisotopic (exact) mass is 253 g/mol. The Balaban J connectivity index is 2.25. The summed E-state index contributed by atoms with van der Waals surface area (Å²) in [5, 5.41) is 0. The first-order chi connectivity index (χ1) is 7.96. The minimum absolute atomic E-state index is 0.241. The number of hydrogen-bond donors (Lipinski definition) is 1. The Morgan fingerprint density at radius 2 is 2.06 bits per heavy atom. The van der Waals surface area contributed by atoms with E-state index in [1.807, 2.05) is 12.1 Å². The molecule has 0 saturated carbocycles. The van der Waals surface area contributed by atoms with Crippen molar-refractivity contribution in [3.63, 3.8) is 0 Å². The van der Waals surface area contributed by atoms with E-state index in [0.717, 1.165) is 6.42 Å². The molecule has 1 aliphatic rings. The maximum atomic E-state index is 11.6. The number of nitrogens with two attached hydrogens (primary N) is 1. The van der Waals surface area contributed by atoms with Gasteiger partial charge in [0.25, 0.3) is 0 Å². The molecule has 2 N–H and O–H groups in total. The van der Waals surface area contributed by atoms with Crippen LogP contribution in [-0.2, 0) is 16.3 Å². The van der Waals surface area contributed by atoms with Crippen molar-refractivity contribution in [2.75, 3.05) is 18.1 Å². The van der Waals surface area contributed by atoms with Crippen molar-refractivity contribution in [2.45, 2.75) is 19.8 Å². The molecule has 0 aromatic heterocycles. The Morgan fingerprint density at radius 1 is 1.35 bits per heavy atom. The van der Waals surface area contributed by atoms with Gasteiger partial charge in [0.15, 0.2) is 9.84 Å². The molecule has 2 rings (SSSR count). The average molecular weight is 253 g/mol. The first-order valence-corrected chi connectivity index (χ1v) is 7.74.